The summed E-state index contributed by atoms with van der Waals surface area (Å²) in [5, 5.41) is 2.53. The van der Waals surface area contributed by atoms with E-state index in [1.54, 1.807) is 66.7 Å². The maximum atomic E-state index is 13.2. The number of benzene rings is 3. The number of esters is 3. The molecule has 1 fully saturated rings. The average Bonchev–Trinajstić information content (AvgIpc) is 3.34. The van der Waals surface area contributed by atoms with E-state index in [4.69, 9.17) is 18.9 Å². The van der Waals surface area contributed by atoms with Gasteiger partial charge < -0.3 is 24.3 Å². The Morgan fingerprint density at radius 3 is 1.74 bits per heavy atom. The van der Waals surface area contributed by atoms with Gasteiger partial charge in [0, 0.05) is 0 Å². The molecule has 3 aromatic carbocycles. The SMILES string of the molecule is CC1=NC(=O)[C@@H]([C@@H]2O[C@@H](COC(=O)c3ccccc3)[C@@H](OC(=O)c3ccccc3)[C@H]2OC(=O)c2ccccc2)NC1=O. The number of amides is 2. The Bertz CT molecular complexity index is 1510. The third-order valence-electron chi connectivity index (χ3n) is 6.73. The molecule has 5 rings (SSSR count). The van der Waals surface area contributed by atoms with Crippen molar-refractivity contribution in [3.05, 3.63) is 108 Å². The first kappa shape index (κ1) is 28.4. The molecular formula is C31H26N2O9. The van der Waals surface area contributed by atoms with Gasteiger partial charge in [-0.2, -0.15) is 0 Å². The zero-order chi connectivity index (χ0) is 29.6. The monoisotopic (exact) mass is 570 g/mol. The molecule has 0 saturated carbocycles. The molecule has 0 aliphatic carbocycles. The predicted octanol–water partition coefficient (Wildman–Crippen LogP) is 2.55. The molecule has 0 radical (unpaired) electrons. The van der Waals surface area contributed by atoms with Gasteiger partial charge in [0.15, 0.2) is 12.2 Å². The van der Waals surface area contributed by atoms with Crippen LogP contribution >= 0.6 is 0 Å². The molecule has 5 atom stereocenters. The highest BCUT2D eigenvalue weighted by Crippen LogP contribution is 2.32. The number of nitrogens with one attached hydrogen (secondary N) is 1. The molecule has 42 heavy (non-hydrogen) atoms. The van der Waals surface area contributed by atoms with Crippen molar-refractivity contribution in [3.63, 3.8) is 0 Å². The van der Waals surface area contributed by atoms with Gasteiger partial charge in [0.05, 0.1) is 16.7 Å². The Morgan fingerprint density at radius 2 is 1.21 bits per heavy atom. The van der Waals surface area contributed by atoms with Crippen LogP contribution in [0.2, 0.25) is 0 Å². The lowest BCUT2D eigenvalue weighted by atomic mass is 9.99. The van der Waals surface area contributed by atoms with Crippen molar-refractivity contribution >= 4 is 35.4 Å². The minimum Gasteiger partial charge on any atom is -0.459 e. The van der Waals surface area contributed by atoms with Crippen molar-refractivity contribution in [2.24, 2.45) is 4.99 Å². The molecule has 2 aliphatic heterocycles. The Morgan fingerprint density at radius 1 is 0.738 bits per heavy atom. The van der Waals surface area contributed by atoms with Crippen molar-refractivity contribution in [1.82, 2.24) is 5.32 Å². The van der Waals surface area contributed by atoms with Crippen LogP contribution in [0.4, 0.5) is 0 Å². The molecule has 3 aromatic rings. The molecule has 1 saturated heterocycles. The van der Waals surface area contributed by atoms with Crippen molar-refractivity contribution < 1.29 is 42.9 Å². The van der Waals surface area contributed by atoms with Crippen molar-refractivity contribution in [2.45, 2.75) is 37.4 Å². The summed E-state index contributed by atoms with van der Waals surface area (Å²) in [5.41, 5.74) is 0.622. The van der Waals surface area contributed by atoms with Crippen LogP contribution in [0.1, 0.15) is 38.0 Å². The third-order valence-corrected chi connectivity index (χ3v) is 6.73. The zero-order valence-electron chi connectivity index (χ0n) is 22.4. The van der Waals surface area contributed by atoms with Gasteiger partial charge >= 0.3 is 17.9 Å². The molecule has 0 bridgehead atoms. The van der Waals surface area contributed by atoms with E-state index in [1.807, 2.05) is 0 Å². The van der Waals surface area contributed by atoms with E-state index >= 15 is 0 Å². The Hall–Kier alpha value is -5.16. The van der Waals surface area contributed by atoms with Gasteiger partial charge in [0.25, 0.3) is 11.8 Å². The molecule has 2 amide bonds. The summed E-state index contributed by atoms with van der Waals surface area (Å²) in [7, 11) is 0. The Balaban J connectivity index is 1.48. The van der Waals surface area contributed by atoms with Crippen LogP contribution in [-0.2, 0) is 28.5 Å². The lowest BCUT2D eigenvalue weighted by molar-refractivity contribution is -0.132. The number of hydrogen-bond donors (Lipinski definition) is 1. The molecule has 0 aromatic heterocycles. The van der Waals surface area contributed by atoms with Crippen LogP contribution in [0.15, 0.2) is 96.0 Å². The third kappa shape index (κ3) is 6.26. The quantitative estimate of drug-likeness (QED) is 0.319. The number of carbonyl (C=O) groups excluding carboxylic acids is 5. The molecule has 2 heterocycles. The Kier molecular flexibility index (Phi) is 8.49. The topological polar surface area (TPSA) is 147 Å². The van der Waals surface area contributed by atoms with Crippen LogP contribution in [0.3, 0.4) is 0 Å². The van der Waals surface area contributed by atoms with Gasteiger partial charge in [0.2, 0.25) is 0 Å². The summed E-state index contributed by atoms with van der Waals surface area (Å²) in [6.45, 7) is 0.954. The summed E-state index contributed by atoms with van der Waals surface area (Å²) in [4.78, 5) is 68.2. The van der Waals surface area contributed by atoms with E-state index in [1.165, 1.54) is 31.2 Å². The lowest BCUT2D eigenvalue weighted by Gasteiger charge is -2.29. The minimum absolute atomic E-state index is 0.0486. The number of nitrogens with zero attached hydrogens (tertiary/aromatic N) is 1. The van der Waals surface area contributed by atoms with E-state index in [2.05, 4.69) is 10.3 Å². The summed E-state index contributed by atoms with van der Waals surface area (Å²) in [6.07, 6.45) is -5.25. The van der Waals surface area contributed by atoms with Crippen molar-refractivity contribution in [3.8, 4) is 0 Å². The van der Waals surface area contributed by atoms with Gasteiger partial charge in [-0.05, 0) is 43.3 Å². The zero-order valence-corrected chi connectivity index (χ0v) is 22.4. The highest BCUT2D eigenvalue weighted by atomic mass is 16.7. The summed E-state index contributed by atoms with van der Waals surface area (Å²) < 4.78 is 23.2. The van der Waals surface area contributed by atoms with E-state index in [0.717, 1.165) is 0 Å². The standard InChI is InChI=1S/C31H26N2O9/c1-18-27(34)33-23(28(35)32-18)25-26(42-31(38)21-15-9-4-10-16-21)24(41-30(37)20-13-7-3-8-14-20)22(40-25)17-39-29(36)19-11-5-2-6-12-19/h2-16,22-26H,17H2,1H3,(H,33,34)/t22-,23+,24+,25-,26+/m0/s1. The highest BCUT2D eigenvalue weighted by molar-refractivity contribution is 6.41. The average molecular weight is 571 g/mol. The van der Waals surface area contributed by atoms with Gasteiger partial charge in [-0.15, -0.1) is 0 Å². The van der Waals surface area contributed by atoms with E-state index in [9.17, 15) is 24.0 Å². The fourth-order valence-electron chi connectivity index (χ4n) is 4.60. The second-order valence-electron chi connectivity index (χ2n) is 9.56. The van der Waals surface area contributed by atoms with Gasteiger partial charge in [-0.1, -0.05) is 54.6 Å². The number of rotatable bonds is 8. The molecule has 0 spiro atoms. The van der Waals surface area contributed by atoms with Crippen LogP contribution in [0, 0.1) is 0 Å². The van der Waals surface area contributed by atoms with Crippen molar-refractivity contribution in [2.75, 3.05) is 6.61 Å². The lowest BCUT2D eigenvalue weighted by Crippen LogP contribution is -2.57. The molecule has 214 valence electrons. The predicted molar refractivity (Wildman–Crippen MR) is 147 cm³/mol. The van der Waals surface area contributed by atoms with E-state index < -0.39 is 66.8 Å². The summed E-state index contributed by atoms with van der Waals surface area (Å²) in [5.74, 6) is -3.58. The largest absolute Gasteiger partial charge is 0.459 e. The second kappa shape index (κ2) is 12.6. The summed E-state index contributed by atoms with van der Waals surface area (Å²) >= 11 is 0. The number of hydrogen-bond acceptors (Lipinski definition) is 9. The van der Waals surface area contributed by atoms with Gasteiger partial charge in [-0.3, -0.25) is 9.59 Å². The second-order valence-corrected chi connectivity index (χ2v) is 9.56. The summed E-state index contributed by atoms with van der Waals surface area (Å²) in [6, 6.07) is 23.0. The minimum atomic E-state index is -1.39. The maximum Gasteiger partial charge on any atom is 0.338 e. The van der Waals surface area contributed by atoms with Gasteiger partial charge in [0.1, 0.15) is 30.6 Å². The van der Waals surface area contributed by atoms with Crippen LogP contribution < -0.4 is 5.32 Å². The molecule has 2 aliphatic rings. The van der Waals surface area contributed by atoms with E-state index in [0.29, 0.717) is 0 Å². The number of aliphatic imine (C=N–C) groups is 1. The van der Waals surface area contributed by atoms with Crippen molar-refractivity contribution in [1.29, 1.82) is 0 Å². The van der Waals surface area contributed by atoms with Crippen LogP contribution in [-0.4, -0.2) is 72.5 Å². The molecular weight excluding hydrogens is 544 g/mol. The van der Waals surface area contributed by atoms with E-state index in [-0.39, 0.29) is 22.4 Å². The Labute approximate surface area is 240 Å². The molecule has 11 heteroatoms. The maximum absolute atomic E-state index is 13.2. The first-order valence-electron chi connectivity index (χ1n) is 13.1. The fourth-order valence-corrected chi connectivity index (χ4v) is 4.60. The molecule has 1 N–H and O–H groups in total. The number of carbonyl (C=O) groups is 5. The molecule has 0 unspecified atom stereocenters. The smallest absolute Gasteiger partial charge is 0.338 e. The fraction of sp³-hybridized carbons (Fsp3) is 0.226. The van der Waals surface area contributed by atoms with Crippen LogP contribution in [0.25, 0.3) is 0 Å². The first-order valence-corrected chi connectivity index (χ1v) is 13.1. The van der Waals surface area contributed by atoms with Gasteiger partial charge in [-0.25, -0.2) is 19.4 Å². The number of ether oxygens (including phenoxy) is 4. The first-order chi connectivity index (χ1) is 20.3. The molecule has 11 nitrogen and oxygen atoms in total. The van der Waals surface area contributed by atoms with Crippen LogP contribution in [0.5, 0.6) is 0 Å². The normalized spacial score (nSPS) is 23.4. The highest BCUT2D eigenvalue weighted by Gasteiger charge is 2.55.